The molecule has 8 heteroatoms. The predicted octanol–water partition coefficient (Wildman–Crippen LogP) is 0.939. The summed E-state index contributed by atoms with van der Waals surface area (Å²) in [7, 11) is 0. The molecule has 2 amide bonds. The minimum atomic E-state index is -0.488. The third kappa shape index (κ3) is 3.24. The van der Waals surface area contributed by atoms with Gasteiger partial charge in [-0.25, -0.2) is 4.79 Å². The summed E-state index contributed by atoms with van der Waals surface area (Å²) < 4.78 is 1.12. The molecule has 4 heterocycles. The zero-order valence-electron chi connectivity index (χ0n) is 16.9. The molecule has 0 radical (unpaired) electrons. The zero-order valence-corrected chi connectivity index (χ0v) is 16.9. The average molecular weight is 410 g/mol. The van der Waals surface area contributed by atoms with Crippen molar-refractivity contribution < 1.29 is 9.59 Å². The molecule has 1 aromatic carbocycles. The Morgan fingerprint density at radius 3 is 2.80 bits per heavy atom. The molecule has 1 N–H and O–H groups in total. The number of hydrogen-bond acceptors (Lipinski definition) is 4. The Hall–Kier alpha value is -2.90. The predicted molar refractivity (Wildman–Crippen MR) is 111 cm³/mol. The van der Waals surface area contributed by atoms with E-state index in [-0.39, 0.29) is 36.4 Å². The number of hydrogen-bond donors (Lipinski definition) is 1. The minimum Gasteiger partial charge on any atom is -0.342 e. The van der Waals surface area contributed by atoms with Gasteiger partial charge in [-0.1, -0.05) is 12.1 Å². The van der Waals surface area contributed by atoms with Crippen molar-refractivity contribution in [1.82, 2.24) is 19.4 Å². The van der Waals surface area contributed by atoms with Crippen LogP contribution in [0.25, 0.3) is 10.9 Å². The molecule has 2 aromatic rings. The number of rotatable bonds is 3. The molecule has 3 fully saturated rings. The lowest BCUT2D eigenvalue weighted by Gasteiger charge is -2.52. The number of benzene rings is 1. The topological polar surface area (TPSA) is 95.5 Å². The number of nitrogens with one attached hydrogen (secondary N) is 1. The van der Waals surface area contributed by atoms with E-state index >= 15 is 0 Å². The van der Waals surface area contributed by atoms with E-state index < -0.39 is 5.69 Å². The molecule has 158 valence electrons. The SMILES string of the molecule is O=C(CCn1c(=O)[nH]c2ccccc2c1=O)N1C[C@H]2C[C@@H](C1)[C@@H]1CCCC(=O)N1C2. The number of aromatic amines is 1. The Bertz CT molecular complexity index is 1120. The van der Waals surface area contributed by atoms with Crippen molar-refractivity contribution in [3.63, 3.8) is 0 Å². The van der Waals surface area contributed by atoms with Gasteiger partial charge in [-0.15, -0.1) is 0 Å². The molecule has 5 rings (SSSR count). The van der Waals surface area contributed by atoms with Gasteiger partial charge >= 0.3 is 5.69 Å². The smallest absolute Gasteiger partial charge is 0.328 e. The van der Waals surface area contributed by atoms with Gasteiger partial charge in [0.25, 0.3) is 5.56 Å². The van der Waals surface area contributed by atoms with E-state index in [1.807, 2.05) is 4.90 Å². The lowest BCUT2D eigenvalue weighted by Crippen LogP contribution is -2.61. The van der Waals surface area contributed by atoms with Crippen molar-refractivity contribution in [3.8, 4) is 0 Å². The highest BCUT2D eigenvalue weighted by atomic mass is 16.2. The van der Waals surface area contributed by atoms with Crippen LogP contribution in [0.3, 0.4) is 0 Å². The van der Waals surface area contributed by atoms with Crippen molar-refractivity contribution in [2.75, 3.05) is 19.6 Å². The first-order chi connectivity index (χ1) is 14.5. The number of H-pyrrole nitrogens is 1. The standard InChI is InChI=1S/C22H26N4O4/c27-19(8-9-25-21(29)16-4-1-2-5-17(16)23-22(25)30)24-11-14-10-15(13-24)18-6-3-7-20(28)26(18)12-14/h1-2,4-5,14-15,18H,3,6-13H2,(H,23,30)/t14-,15+,18+/m1/s1. The van der Waals surface area contributed by atoms with Crippen LogP contribution >= 0.6 is 0 Å². The normalized spacial score (nSPS) is 26.0. The second kappa shape index (κ2) is 7.41. The summed E-state index contributed by atoms with van der Waals surface area (Å²) in [4.78, 5) is 56.9. The largest absolute Gasteiger partial charge is 0.342 e. The lowest BCUT2D eigenvalue weighted by molar-refractivity contribution is -0.148. The molecule has 3 saturated heterocycles. The maximum Gasteiger partial charge on any atom is 0.328 e. The number of carbonyl (C=O) groups is 2. The molecular weight excluding hydrogens is 384 g/mol. The van der Waals surface area contributed by atoms with Gasteiger partial charge in [-0.2, -0.15) is 0 Å². The van der Waals surface area contributed by atoms with Crippen LogP contribution in [0.1, 0.15) is 32.1 Å². The summed E-state index contributed by atoms with van der Waals surface area (Å²) >= 11 is 0. The lowest BCUT2D eigenvalue weighted by atomic mass is 9.76. The second-order valence-electron chi connectivity index (χ2n) is 8.85. The first kappa shape index (κ1) is 19.1. The molecule has 1 aromatic heterocycles. The van der Waals surface area contributed by atoms with E-state index in [2.05, 4.69) is 9.88 Å². The number of aromatic nitrogens is 2. The summed E-state index contributed by atoms with van der Waals surface area (Å²) in [6, 6.07) is 7.14. The van der Waals surface area contributed by atoms with Gasteiger partial charge in [-0.05, 0) is 43.2 Å². The monoisotopic (exact) mass is 410 g/mol. The molecule has 0 saturated carbocycles. The van der Waals surface area contributed by atoms with Crippen molar-refractivity contribution in [2.24, 2.45) is 11.8 Å². The second-order valence-corrected chi connectivity index (χ2v) is 8.85. The quantitative estimate of drug-likeness (QED) is 0.815. The third-order valence-corrected chi connectivity index (χ3v) is 6.97. The number of amides is 2. The van der Waals surface area contributed by atoms with E-state index in [9.17, 15) is 19.2 Å². The van der Waals surface area contributed by atoms with Crippen LogP contribution in [0.15, 0.2) is 33.9 Å². The van der Waals surface area contributed by atoms with Gasteiger partial charge in [0.2, 0.25) is 11.8 Å². The summed E-state index contributed by atoms with van der Waals surface area (Å²) in [5.41, 5.74) is -0.349. The van der Waals surface area contributed by atoms with Crippen LogP contribution in [0.5, 0.6) is 0 Å². The molecule has 3 aliphatic heterocycles. The molecular formula is C22H26N4O4. The van der Waals surface area contributed by atoms with Gasteiger partial charge in [0, 0.05) is 45.1 Å². The zero-order chi connectivity index (χ0) is 20.8. The first-order valence-corrected chi connectivity index (χ1v) is 10.8. The Morgan fingerprint density at radius 2 is 1.93 bits per heavy atom. The molecule has 2 bridgehead atoms. The van der Waals surface area contributed by atoms with Gasteiger partial charge in [0.05, 0.1) is 10.9 Å². The van der Waals surface area contributed by atoms with Crippen molar-refractivity contribution in [3.05, 3.63) is 45.1 Å². The average Bonchev–Trinajstić information content (AvgIpc) is 2.74. The molecule has 3 aliphatic rings. The number of para-hydroxylation sites is 1. The number of likely N-dealkylation sites (tertiary alicyclic amines) is 1. The van der Waals surface area contributed by atoms with Crippen molar-refractivity contribution in [1.29, 1.82) is 0 Å². The van der Waals surface area contributed by atoms with Crippen molar-refractivity contribution in [2.45, 2.75) is 44.7 Å². The van der Waals surface area contributed by atoms with Crippen LogP contribution < -0.4 is 11.2 Å². The number of piperidine rings is 3. The van der Waals surface area contributed by atoms with Crippen LogP contribution in [0.2, 0.25) is 0 Å². The highest BCUT2D eigenvalue weighted by Crippen LogP contribution is 2.38. The Balaban J connectivity index is 1.29. The molecule has 3 atom stereocenters. The molecule has 0 spiro atoms. The molecule has 30 heavy (non-hydrogen) atoms. The van der Waals surface area contributed by atoms with E-state index in [1.165, 1.54) is 0 Å². The summed E-state index contributed by atoms with van der Waals surface area (Å²) in [6.07, 6.45) is 3.79. The first-order valence-electron chi connectivity index (χ1n) is 10.8. The van der Waals surface area contributed by atoms with Crippen LogP contribution in [0.4, 0.5) is 0 Å². The number of carbonyl (C=O) groups excluding carboxylic acids is 2. The Kier molecular flexibility index (Phi) is 4.72. The fraction of sp³-hybridized carbons (Fsp3) is 0.545. The summed E-state index contributed by atoms with van der Waals surface area (Å²) in [5.74, 6) is 0.880. The maximum atomic E-state index is 12.9. The van der Waals surface area contributed by atoms with E-state index in [0.29, 0.717) is 42.2 Å². The van der Waals surface area contributed by atoms with Crippen LogP contribution in [-0.2, 0) is 16.1 Å². The number of nitrogens with zero attached hydrogens (tertiary/aromatic N) is 3. The molecule has 0 aliphatic carbocycles. The highest BCUT2D eigenvalue weighted by molar-refractivity contribution is 5.79. The molecule has 8 nitrogen and oxygen atoms in total. The fourth-order valence-electron chi connectivity index (χ4n) is 5.58. The number of fused-ring (bicyclic) bond motifs is 5. The van der Waals surface area contributed by atoms with Gasteiger partial charge in [0.15, 0.2) is 0 Å². The van der Waals surface area contributed by atoms with E-state index in [1.54, 1.807) is 24.3 Å². The van der Waals surface area contributed by atoms with Gasteiger partial charge in [0.1, 0.15) is 0 Å². The minimum absolute atomic E-state index is 0.0280. The van der Waals surface area contributed by atoms with Crippen LogP contribution in [-0.4, -0.2) is 56.8 Å². The fourth-order valence-corrected chi connectivity index (χ4v) is 5.58. The molecule has 0 unspecified atom stereocenters. The highest BCUT2D eigenvalue weighted by Gasteiger charge is 2.44. The maximum absolute atomic E-state index is 12.9. The van der Waals surface area contributed by atoms with Crippen LogP contribution in [0, 0.1) is 11.8 Å². The summed E-state index contributed by atoms with van der Waals surface area (Å²) in [5, 5.41) is 0.444. The third-order valence-electron chi connectivity index (χ3n) is 6.97. The van der Waals surface area contributed by atoms with Gasteiger partial charge < -0.3 is 14.8 Å². The summed E-state index contributed by atoms with van der Waals surface area (Å²) in [6.45, 7) is 2.12. The van der Waals surface area contributed by atoms with E-state index in [0.717, 1.165) is 30.4 Å². The van der Waals surface area contributed by atoms with E-state index in [4.69, 9.17) is 0 Å². The Labute approximate surface area is 173 Å². The van der Waals surface area contributed by atoms with Crippen molar-refractivity contribution >= 4 is 22.7 Å². The Morgan fingerprint density at radius 1 is 1.10 bits per heavy atom. The van der Waals surface area contributed by atoms with Gasteiger partial charge in [-0.3, -0.25) is 19.0 Å².